The van der Waals surface area contributed by atoms with Gasteiger partial charge in [-0.05, 0) is 61.0 Å². The maximum atomic E-state index is 12.9. The number of fused-ring (bicyclic) bond motifs is 2. The minimum Gasteiger partial charge on any atom is -0.478 e. The van der Waals surface area contributed by atoms with Gasteiger partial charge in [0.2, 0.25) is 0 Å². The Kier molecular flexibility index (Phi) is 10.7. The molecule has 0 aliphatic carbocycles. The van der Waals surface area contributed by atoms with E-state index in [9.17, 15) is 4.79 Å². The molecule has 0 bridgehead atoms. The topological polar surface area (TPSA) is 35.5 Å². The summed E-state index contributed by atoms with van der Waals surface area (Å²) in [5.41, 5.74) is 0. The molecule has 0 radical (unpaired) electrons. The summed E-state index contributed by atoms with van der Waals surface area (Å²) in [5, 5.41) is 4.52. The van der Waals surface area contributed by atoms with E-state index in [-0.39, 0.29) is 12.1 Å². The highest BCUT2D eigenvalue weighted by molar-refractivity contribution is 6.01. The lowest BCUT2D eigenvalue weighted by Crippen LogP contribution is -2.31. The van der Waals surface area contributed by atoms with Gasteiger partial charge in [0.05, 0.1) is 6.10 Å². The zero-order valence-corrected chi connectivity index (χ0v) is 21.4. The van der Waals surface area contributed by atoms with Crippen molar-refractivity contribution >= 4 is 27.5 Å². The molecule has 184 valence electrons. The van der Waals surface area contributed by atoms with Crippen LogP contribution < -0.4 is 4.74 Å². The summed E-state index contributed by atoms with van der Waals surface area (Å²) in [6.45, 7) is 6.04. The summed E-state index contributed by atoms with van der Waals surface area (Å²) in [4.78, 5) is 12.9. The van der Waals surface area contributed by atoms with Crippen molar-refractivity contribution in [2.75, 3.05) is 0 Å². The van der Waals surface area contributed by atoms with Crippen molar-refractivity contribution in [3.05, 3.63) is 54.6 Å². The van der Waals surface area contributed by atoms with E-state index in [4.69, 9.17) is 9.47 Å². The first-order chi connectivity index (χ1) is 16.6. The average molecular weight is 463 g/mol. The van der Waals surface area contributed by atoms with E-state index in [1.807, 2.05) is 32.0 Å². The Labute approximate surface area is 205 Å². The van der Waals surface area contributed by atoms with Crippen LogP contribution in [0.25, 0.3) is 21.5 Å². The van der Waals surface area contributed by atoms with Crippen LogP contribution in [0.1, 0.15) is 91.4 Å². The monoisotopic (exact) mass is 462 g/mol. The zero-order valence-electron chi connectivity index (χ0n) is 21.4. The van der Waals surface area contributed by atoms with E-state index in [1.54, 1.807) is 0 Å². The first-order valence-corrected chi connectivity index (χ1v) is 13.4. The largest absolute Gasteiger partial charge is 0.478 e. The molecule has 0 N–H and O–H groups in total. The lowest BCUT2D eigenvalue weighted by molar-refractivity contribution is -0.156. The van der Waals surface area contributed by atoms with E-state index in [0.29, 0.717) is 6.42 Å². The number of benzene rings is 3. The molecule has 0 heterocycles. The third-order valence-corrected chi connectivity index (χ3v) is 6.41. The molecular formula is C31H42O3. The van der Waals surface area contributed by atoms with Crippen molar-refractivity contribution in [1.82, 2.24) is 0 Å². The van der Waals surface area contributed by atoms with E-state index in [1.165, 1.54) is 62.1 Å². The number of carbonyl (C=O) groups excluding carboxylic acids is 1. The zero-order chi connectivity index (χ0) is 24.2. The molecule has 0 aliphatic rings. The third-order valence-electron chi connectivity index (χ3n) is 6.41. The van der Waals surface area contributed by atoms with E-state index in [0.717, 1.165) is 29.4 Å². The molecule has 0 saturated carbocycles. The molecule has 0 amide bonds. The molecule has 3 heteroatoms. The Bertz CT molecular complexity index is 1020. The first-order valence-electron chi connectivity index (χ1n) is 13.4. The first kappa shape index (κ1) is 26.1. The number of esters is 1. The van der Waals surface area contributed by atoms with Crippen LogP contribution in [0.15, 0.2) is 54.6 Å². The van der Waals surface area contributed by atoms with Gasteiger partial charge in [-0.15, -0.1) is 0 Å². The smallest absolute Gasteiger partial charge is 0.347 e. The van der Waals surface area contributed by atoms with Crippen molar-refractivity contribution in [2.24, 2.45) is 0 Å². The lowest BCUT2D eigenvalue weighted by atomic mass is 10.0. The predicted octanol–water partition coefficient (Wildman–Crippen LogP) is 9.00. The summed E-state index contributed by atoms with van der Waals surface area (Å²) < 4.78 is 11.9. The highest BCUT2D eigenvalue weighted by Crippen LogP contribution is 2.31. The van der Waals surface area contributed by atoms with Gasteiger partial charge in [0.25, 0.3) is 0 Å². The van der Waals surface area contributed by atoms with Crippen LogP contribution in [0.3, 0.4) is 0 Å². The highest BCUT2D eigenvalue weighted by atomic mass is 16.6. The van der Waals surface area contributed by atoms with Gasteiger partial charge in [-0.1, -0.05) is 101 Å². The highest BCUT2D eigenvalue weighted by Gasteiger charge is 2.23. The quantitative estimate of drug-likeness (QED) is 0.128. The molecule has 0 saturated heterocycles. The maximum absolute atomic E-state index is 12.9. The Morgan fingerprint density at radius 2 is 1.32 bits per heavy atom. The standard InChI is InChI=1S/C31H42O3/c1-4-5-6-7-8-9-10-11-12-13-20-30(31(32)33-24(2)3)34-29-21-16-19-27-22-25-17-14-15-18-26(25)23-28(27)29/h14-19,21-24,30H,4-13,20H2,1-3H3. The number of hydrogen-bond donors (Lipinski definition) is 0. The van der Waals surface area contributed by atoms with Gasteiger partial charge in [-0.2, -0.15) is 0 Å². The molecule has 0 spiro atoms. The fourth-order valence-electron chi connectivity index (χ4n) is 4.54. The van der Waals surface area contributed by atoms with Crippen molar-refractivity contribution in [2.45, 2.75) is 104 Å². The minimum absolute atomic E-state index is 0.150. The van der Waals surface area contributed by atoms with Crippen LogP contribution in [0.2, 0.25) is 0 Å². The number of carbonyl (C=O) groups is 1. The Balaban J connectivity index is 1.60. The maximum Gasteiger partial charge on any atom is 0.347 e. The number of ether oxygens (including phenoxy) is 2. The molecular weight excluding hydrogens is 420 g/mol. The molecule has 3 aromatic rings. The summed E-state index contributed by atoms with van der Waals surface area (Å²) in [5.74, 6) is 0.491. The van der Waals surface area contributed by atoms with Gasteiger partial charge >= 0.3 is 5.97 Å². The van der Waals surface area contributed by atoms with Crippen molar-refractivity contribution in [1.29, 1.82) is 0 Å². The molecule has 3 rings (SSSR count). The predicted molar refractivity (Wildman–Crippen MR) is 144 cm³/mol. The normalized spacial score (nSPS) is 12.4. The number of unbranched alkanes of at least 4 members (excludes halogenated alkanes) is 9. The second-order valence-corrected chi connectivity index (χ2v) is 9.74. The molecule has 1 unspecified atom stereocenters. The van der Waals surface area contributed by atoms with Gasteiger partial charge in [0.1, 0.15) is 5.75 Å². The molecule has 0 fully saturated rings. The second-order valence-electron chi connectivity index (χ2n) is 9.74. The van der Waals surface area contributed by atoms with Gasteiger partial charge < -0.3 is 9.47 Å². The van der Waals surface area contributed by atoms with Crippen LogP contribution >= 0.6 is 0 Å². The molecule has 34 heavy (non-hydrogen) atoms. The van der Waals surface area contributed by atoms with Crippen LogP contribution in [-0.2, 0) is 9.53 Å². The van der Waals surface area contributed by atoms with Crippen molar-refractivity contribution in [3.63, 3.8) is 0 Å². The Morgan fingerprint density at radius 1 is 0.735 bits per heavy atom. The molecule has 3 aromatic carbocycles. The fourth-order valence-corrected chi connectivity index (χ4v) is 4.54. The Hall–Kier alpha value is -2.55. The molecule has 0 aliphatic heterocycles. The van der Waals surface area contributed by atoms with Crippen LogP contribution in [0.4, 0.5) is 0 Å². The summed E-state index contributed by atoms with van der Waals surface area (Å²) in [6.07, 6.45) is 12.6. The second kappa shape index (κ2) is 14.0. The van der Waals surface area contributed by atoms with Gasteiger partial charge in [-0.3, -0.25) is 0 Å². The fraction of sp³-hybridized carbons (Fsp3) is 0.516. The summed E-state index contributed by atoms with van der Waals surface area (Å²) in [7, 11) is 0. The van der Waals surface area contributed by atoms with E-state index < -0.39 is 6.10 Å². The van der Waals surface area contributed by atoms with Crippen molar-refractivity contribution in [3.8, 4) is 5.75 Å². The summed E-state index contributed by atoms with van der Waals surface area (Å²) >= 11 is 0. The SMILES string of the molecule is CCCCCCCCCCCCC(Oc1cccc2cc3ccccc3cc12)C(=O)OC(C)C. The molecule has 0 aromatic heterocycles. The molecule has 3 nitrogen and oxygen atoms in total. The number of hydrogen-bond acceptors (Lipinski definition) is 3. The number of rotatable bonds is 15. The van der Waals surface area contributed by atoms with Gasteiger partial charge in [-0.25, -0.2) is 4.79 Å². The Morgan fingerprint density at radius 3 is 1.97 bits per heavy atom. The average Bonchev–Trinajstić information content (AvgIpc) is 2.83. The van der Waals surface area contributed by atoms with Crippen molar-refractivity contribution < 1.29 is 14.3 Å². The lowest BCUT2D eigenvalue weighted by Gasteiger charge is -2.20. The van der Waals surface area contributed by atoms with Crippen LogP contribution in [0.5, 0.6) is 5.75 Å². The summed E-state index contributed by atoms with van der Waals surface area (Å²) in [6, 6.07) is 18.7. The molecule has 1 atom stereocenters. The van der Waals surface area contributed by atoms with E-state index >= 15 is 0 Å². The van der Waals surface area contributed by atoms with Crippen LogP contribution in [0, 0.1) is 0 Å². The van der Waals surface area contributed by atoms with Gasteiger partial charge in [0.15, 0.2) is 6.10 Å². The van der Waals surface area contributed by atoms with Crippen LogP contribution in [-0.4, -0.2) is 18.2 Å². The minimum atomic E-state index is -0.575. The van der Waals surface area contributed by atoms with Gasteiger partial charge in [0, 0.05) is 5.39 Å². The van der Waals surface area contributed by atoms with E-state index in [2.05, 4.69) is 43.3 Å². The third kappa shape index (κ3) is 8.04.